The molecule has 2 aromatic carbocycles. The molecule has 0 spiro atoms. The molecule has 1 atom stereocenters. The first-order valence-corrected chi connectivity index (χ1v) is 8.73. The van der Waals surface area contributed by atoms with Gasteiger partial charge in [0.2, 0.25) is 11.1 Å². The van der Waals surface area contributed by atoms with Crippen molar-refractivity contribution < 1.29 is 13.9 Å². The Bertz CT molecular complexity index is 898. The van der Waals surface area contributed by atoms with E-state index in [9.17, 15) is 9.18 Å². The van der Waals surface area contributed by atoms with Crippen LogP contribution in [0.15, 0.2) is 53.7 Å². The van der Waals surface area contributed by atoms with Crippen LogP contribution in [0.25, 0.3) is 11.4 Å². The molecule has 0 radical (unpaired) electrons. The molecular formula is C18H17FN4O2S. The summed E-state index contributed by atoms with van der Waals surface area (Å²) >= 11 is 1.19. The van der Waals surface area contributed by atoms with Gasteiger partial charge in [-0.25, -0.2) is 9.37 Å². The molecule has 0 aliphatic rings. The summed E-state index contributed by atoms with van der Waals surface area (Å²) in [5.74, 6) is 0.548. The summed E-state index contributed by atoms with van der Waals surface area (Å²) in [5, 5.41) is 9.48. The van der Waals surface area contributed by atoms with Crippen LogP contribution in [0.2, 0.25) is 0 Å². The molecule has 0 saturated carbocycles. The maximum absolute atomic E-state index is 13.6. The quantitative estimate of drug-likeness (QED) is 0.645. The van der Waals surface area contributed by atoms with Gasteiger partial charge in [0, 0.05) is 5.56 Å². The lowest BCUT2D eigenvalue weighted by molar-refractivity contribution is -0.115. The van der Waals surface area contributed by atoms with Crippen molar-refractivity contribution in [3.63, 3.8) is 0 Å². The van der Waals surface area contributed by atoms with Crippen molar-refractivity contribution in [1.29, 1.82) is 0 Å². The Balaban J connectivity index is 1.64. The molecule has 3 aromatic rings. The number of benzene rings is 2. The fourth-order valence-electron chi connectivity index (χ4n) is 2.19. The summed E-state index contributed by atoms with van der Waals surface area (Å²) in [7, 11) is 1.60. The maximum Gasteiger partial charge on any atom is 0.237 e. The first-order valence-electron chi connectivity index (χ1n) is 7.85. The Hall–Kier alpha value is -2.87. The molecule has 0 fully saturated rings. The number of para-hydroxylation sites is 1. The summed E-state index contributed by atoms with van der Waals surface area (Å²) in [6.07, 6.45) is 0. The fraction of sp³-hybridized carbons (Fsp3) is 0.167. The molecule has 1 unspecified atom stereocenters. The van der Waals surface area contributed by atoms with Gasteiger partial charge < -0.3 is 10.1 Å². The summed E-state index contributed by atoms with van der Waals surface area (Å²) in [6, 6.07) is 13.4. The molecule has 0 bridgehead atoms. The van der Waals surface area contributed by atoms with E-state index in [1.165, 1.54) is 23.9 Å². The number of amides is 1. The van der Waals surface area contributed by atoms with E-state index >= 15 is 0 Å². The zero-order valence-electron chi connectivity index (χ0n) is 14.2. The summed E-state index contributed by atoms with van der Waals surface area (Å²) in [6.45, 7) is 1.71. The van der Waals surface area contributed by atoms with E-state index < -0.39 is 11.1 Å². The second-order valence-corrected chi connectivity index (χ2v) is 6.73. The standard InChI is InChI=1S/C18H17FN4O2S/c1-11(17(24)20-15-6-4-3-5-14(15)19)26-18-21-16(22-23-18)12-7-9-13(25-2)10-8-12/h3-11H,1-2H3,(H,20,24)(H,21,22,23). The zero-order valence-corrected chi connectivity index (χ0v) is 15.0. The summed E-state index contributed by atoms with van der Waals surface area (Å²) in [4.78, 5) is 16.6. The van der Waals surface area contributed by atoms with Gasteiger partial charge in [-0.05, 0) is 43.3 Å². The Morgan fingerprint density at radius 2 is 1.96 bits per heavy atom. The van der Waals surface area contributed by atoms with Crippen molar-refractivity contribution in [3.8, 4) is 17.1 Å². The second kappa shape index (κ2) is 8.01. The van der Waals surface area contributed by atoms with Gasteiger partial charge in [0.05, 0.1) is 18.0 Å². The van der Waals surface area contributed by atoms with E-state index in [-0.39, 0.29) is 11.6 Å². The van der Waals surface area contributed by atoms with E-state index in [1.807, 2.05) is 24.3 Å². The minimum absolute atomic E-state index is 0.152. The van der Waals surface area contributed by atoms with Gasteiger partial charge in [-0.1, -0.05) is 23.9 Å². The number of aromatic amines is 1. The summed E-state index contributed by atoms with van der Waals surface area (Å²) < 4.78 is 18.8. The highest BCUT2D eigenvalue weighted by Crippen LogP contribution is 2.25. The first-order chi connectivity index (χ1) is 12.6. The lowest BCUT2D eigenvalue weighted by atomic mass is 10.2. The number of carbonyl (C=O) groups is 1. The molecule has 1 aromatic heterocycles. The van der Waals surface area contributed by atoms with Gasteiger partial charge >= 0.3 is 0 Å². The number of thioether (sulfide) groups is 1. The van der Waals surface area contributed by atoms with Crippen LogP contribution in [0.3, 0.4) is 0 Å². The SMILES string of the molecule is COc1ccc(-c2nc(SC(C)C(=O)Nc3ccccc3F)n[nH]2)cc1. The molecule has 2 N–H and O–H groups in total. The number of halogens is 1. The number of nitrogens with zero attached hydrogens (tertiary/aromatic N) is 2. The van der Waals surface area contributed by atoms with Crippen LogP contribution in [0.4, 0.5) is 10.1 Å². The molecule has 3 rings (SSSR count). The molecule has 26 heavy (non-hydrogen) atoms. The van der Waals surface area contributed by atoms with E-state index in [1.54, 1.807) is 26.2 Å². The molecule has 6 nitrogen and oxygen atoms in total. The number of hydrogen-bond donors (Lipinski definition) is 2. The Morgan fingerprint density at radius 3 is 2.65 bits per heavy atom. The summed E-state index contributed by atoms with van der Waals surface area (Å²) in [5.41, 5.74) is 1.01. The van der Waals surface area contributed by atoms with Crippen LogP contribution in [0, 0.1) is 5.82 Å². The van der Waals surface area contributed by atoms with Crippen LogP contribution in [-0.2, 0) is 4.79 Å². The number of aromatic nitrogens is 3. The topological polar surface area (TPSA) is 79.9 Å². The van der Waals surface area contributed by atoms with Gasteiger partial charge in [-0.15, -0.1) is 5.10 Å². The molecule has 0 aliphatic heterocycles. The Kier molecular flexibility index (Phi) is 5.52. The normalized spacial score (nSPS) is 11.8. The lowest BCUT2D eigenvalue weighted by Crippen LogP contribution is -2.23. The van der Waals surface area contributed by atoms with Crippen LogP contribution in [0.1, 0.15) is 6.92 Å². The molecule has 0 saturated heterocycles. The number of hydrogen-bond acceptors (Lipinski definition) is 5. The zero-order chi connectivity index (χ0) is 18.5. The van der Waals surface area contributed by atoms with Crippen molar-refractivity contribution in [3.05, 3.63) is 54.3 Å². The minimum atomic E-state index is -0.492. The number of anilines is 1. The van der Waals surface area contributed by atoms with Gasteiger partial charge in [-0.3, -0.25) is 9.89 Å². The molecular weight excluding hydrogens is 355 g/mol. The molecule has 8 heteroatoms. The van der Waals surface area contributed by atoms with Crippen LogP contribution in [-0.4, -0.2) is 33.4 Å². The van der Waals surface area contributed by atoms with Crippen molar-refractivity contribution in [2.24, 2.45) is 0 Å². The van der Waals surface area contributed by atoms with Crippen LogP contribution >= 0.6 is 11.8 Å². The number of nitrogens with one attached hydrogen (secondary N) is 2. The Labute approximate surface area is 154 Å². The van der Waals surface area contributed by atoms with Gasteiger partial charge in [0.15, 0.2) is 5.82 Å². The van der Waals surface area contributed by atoms with Crippen molar-refractivity contribution >= 4 is 23.4 Å². The highest BCUT2D eigenvalue weighted by atomic mass is 32.2. The molecule has 134 valence electrons. The highest BCUT2D eigenvalue weighted by molar-refractivity contribution is 8.00. The van der Waals surface area contributed by atoms with Crippen molar-refractivity contribution in [2.45, 2.75) is 17.3 Å². The van der Waals surface area contributed by atoms with E-state index in [2.05, 4.69) is 20.5 Å². The maximum atomic E-state index is 13.6. The van der Waals surface area contributed by atoms with E-state index in [0.29, 0.717) is 11.0 Å². The predicted octanol–water partition coefficient (Wildman–Crippen LogP) is 3.74. The average Bonchev–Trinajstić information content (AvgIpc) is 3.12. The predicted molar refractivity (Wildman–Crippen MR) is 98.7 cm³/mol. The third kappa shape index (κ3) is 4.20. The van der Waals surface area contributed by atoms with Gasteiger partial charge in [0.1, 0.15) is 11.6 Å². The number of ether oxygens (including phenoxy) is 1. The number of methoxy groups -OCH3 is 1. The largest absolute Gasteiger partial charge is 0.497 e. The van der Waals surface area contributed by atoms with Crippen molar-refractivity contribution in [1.82, 2.24) is 15.2 Å². The molecule has 0 aliphatic carbocycles. The number of H-pyrrole nitrogens is 1. The molecule has 1 heterocycles. The minimum Gasteiger partial charge on any atom is -0.497 e. The van der Waals surface area contributed by atoms with Gasteiger partial charge in [-0.2, -0.15) is 0 Å². The van der Waals surface area contributed by atoms with Crippen LogP contribution in [0.5, 0.6) is 5.75 Å². The first kappa shape index (κ1) is 17.9. The molecule has 1 amide bonds. The number of carbonyl (C=O) groups excluding carboxylic acids is 1. The van der Waals surface area contributed by atoms with E-state index in [0.717, 1.165) is 11.3 Å². The second-order valence-electron chi connectivity index (χ2n) is 5.42. The third-order valence-electron chi connectivity index (χ3n) is 3.61. The smallest absolute Gasteiger partial charge is 0.237 e. The Morgan fingerprint density at radius 1 is 1.23 bits per heavy atom. The highest BCUT2D eigenvalue weighted by Gasteiger charge is 2.18. The number of rotatable bonds is 6. The van der Waals surface area contributed by atoms with Crippen molar-refractivity contribution in [2.75, 3.05) is 12.4 Å². The lowest BCUT2D eigenvalue weighted by Gasteiger charge is -2.10. The monoisotopic (exact) mass is 372 g/mol. The van der Waals surface area contributed by atoms with Crippen LogP contribution < -0.4 is 10.1 Å². The average molecular weight is 372 g/mol. The van der Waals surface area contributed by atoms with Gasteiger partial charge in [0.25, 0.3) is 0 Å². The fourth-order valence-corrected chi connectivity index (χ4v) is 2.91. The van der Waals surface area contributed by atoms with E-state index in [4.69, 9.17) is 4.74 Å². The third-order valence-corrected chi connectivity index (χ3v) is 4.57.